The molecular formula is C9H10O3. The minimum atomic E-state index is -0.952. The molecule has 0 fully saturated rings. The summed E-state index contributed by atoms with van der Waals surface area (Å²) in [7, 11) is 0. The van der Waals surface area contributed by atoms with Crippen molar-refractivity contribution in [2.45, 2.75) is 13.0 Å². The maximum atomic E-state index is 10.4. The van der Waals surface area contributed by atoms with Crippen LogP contribution in [-0.4, -0.2) is 16.2 Å². The third-order valence-corrected chi connectivity index (χ3v) is 1.64. The fourth-order valence-electron chi connectivity index (χ4n) is 0.904. The molecular weight excluding hydrogens is 156 g/mol. The van der Waals surface area contributed by atoms with Crippen molar-refractivity contribution in [1.29, 1.82) is 0 Å². The Morgan fingerprint density at radius 1 is 1.33 bits per heavy atom. The predicted molar refractivity (Wildman–Crippen MR) is 44.0 cm³/mol. The van der Waals surface area contributed by atoms with Crippen LogP contribution in [0.2, 0.25) is 0 Å². The normalized spacial score (nSPS) is 12.5. The Hall–Kier alpha value is -1.35. The Bertz CT molecular complexity index is 274. The first-order valence-electron chi connectivity index (χ1n) is 3.62. The van der Waals surface area contributed by atoms with E-state index in [2.05, 4.69) is 0 Å². The molecule has 0 amide bonds. The van der Waals surface area contributed by atoms with E-state index in [1.54, 1.807) is 19.1 Å². The van der Waals surface area contributed by atoms with Gasteiger partial charge in [-0.1, -0.05) is 12.1 Å². The second-order valence-corrected chi connectivity index (χ2v) is 2.60. The average molecular weight is 166 g/mol. The van der Waals surface area contributed by atoms with Crippen LogP contribution in [0, 0.1) is 0 Å². The van der Waals surface area contributed by atoms with Gasteiger partial charge < -0.3 is 10.2 Å². The first-order chi connectivity index (χ1) is 5.61. The van der Waals surface area contributed by atoms with E-state index in [4.69, 9.17) is 10.2 Å². The molecule has 1 rings (SSSR count). The summed E-state index contributed by atoms with van der Waals surface area (Å²) in [6.45, 7) is 1.63. The van der Waals surface area contributed by atoms with Gasteiger partial charge in [0.25, 0.3) is 0 Å². The number of benzene rings is 1. The fourth-order valence-corrected chi connectivity index (χ4v) is 0.904. The average Bonchev–Trinajstić information content (AvgIpc) is 2.04. The van der Waals surface area contributed by atoms with Crippen LogP contribution in [0.1, 0.15) is 28.9 Å². The molecule has 64 valence electrons. The maximum Gasteiger partial charge on any atom is 0.335 e. The molecule has 0 spiro atoms. The Morgan fingerprint density at radius 3 is 2.17 bits per heavy atom. The number of hydrogen-bond donors (Lipinski definition) is 2. The van der Waals surface area contributed by atoms with Gasteiger partial charge in [0.2, 0.25) is 0 Å². The molecule has 1 aromatic carbocycles. The molecule has 3 nitrogen and oxygen atoms in total. The van der Waals surface area contributed by atoms with Gasteiger partial charge in [0.15, 0.2) is 0 Å². The minimum Gasteiger partial charge on any atom is -0.478 e. The number of rotatable bonds is 2. The van der Waals surface area contributed by atoms with E-state index in [1.165, 1.54) is 12.1 Å². The zero-order chi connectivity index (χ0) is 9.14. The summed E-state index contributed by atoms with van der Waals surface area (Å²) in [4.78, 5) is 10.4. The van der Waals surface area contributed by atoms with Crippen LogP contribution in [-0.2, 0) is 0 Å². The number of aliphatic hydroxyl groups is 1. The molecule has 0 saturated carbocycles. The summed E-state index contributed by atoms with van der Waals surface area (Å²) in [5, 5.41) is 17.7. The van der Waals surface area contributed by atoms with Crippen LogP contribution in [0.3, 0.4) is 0 Å². The Balaban J connectivity index is 2.93. The molecule has 0 aliphatic heterocycles. The van der Waals surface area contributed by atoms with Crippen LogP contribution in [0.25, 0.3) is 0 Å². The number of carboxylic acids is 1. The van der Waals surface area contributed by atoms with Gasteiger partial charge in [-0.25, -0.2) is 4.79 Å². The van der Waals surface area contributed by atoms with Crippen molar-refractivity contribution in [2.75, 3.05) is 0 Å². The van der Waals surface area contributed by atoms with Gasteiger partial charge in [0.1, 0.15) is 0 Å². The summed E-state index contributed by atoms with van der Waals surface area (Å²) in [6, 6.07) is 6.16. The molecule has 0 aromatic heterocycles. The van der Waals surface area contributed by atoms with Gasteiger partial charge in [-0.2, -0.15) is 0 Å². The lowest BCUT2D eigenvalue weighted by atomic mass is 10.1. The second-order valence-electron chi connectivity index (χ2n) is 2.60. The highest BCUT2D eigenvalue weighted by atomic mass is 16.4. The summed E-state index contributed by atoms with van der Waals surface area (Å²) in [5.41, 5.74) is 0.958. The number of carboxylic acid groups (broad SMARTS) is 1. The van der Waals surface area contributed by atoms with Crippen molar-refractivity contribution in [3.63, 3.8) is 0 Å². The molecule has 0 unspecified atom stereocenters. The molecule has 0 saturated heterocycles. The van der Waals surface area contributed by atoms with Crippen molar-refractivity contribution in [2.24, 2.45) is 0 Å². The summed E-state index contributed by atoms with van der Waals surface area (Å²) in [6.07, 6.45) is -0.548. The number of hydrogen-bond acceptors (Lipinski definition) is 2. The standard InChI is InChI=1S/C9H10O3/c1-6(10)7-2-4-8(5-3-7)9(11)12/h2-6,10H,1H3,(H,11,12)/t6-/m0/s1. The monoisotopic (exact) mass is 166 g/mol. The summed E-state index contributed by atoms with van der Waals surface area (Å²) < 4.78 is 0. The van der Waals surface area contributed by atoms with Gasteiger partial charge >= 0.3 is 5.97 Å². The largest absolute Gasteiger partial charge is 0.478 e. The van der Waals surface area contributed by atoms with E-state index < -0.39 is 12.1 Å². The summed E-state index contributed by atoms with van der Waals surface area (Å²) in [5.74, 6) is -0.952. The van der Waals surface area contributed by atoms with Gasteiger partial charge in [-0.3, -0.25) is 0 Å². The third kappa shape index (κ3) is 1.83. The number of aromatic carboxylic acids is 1. The van der Waals surface area contributed by atoms with E-state index in [9.17, 15) is 4.79 Å². The maximum absolute atomic E-state index is 10.4. The number of aliphatic hydroxyl groups excluding tert-OH is 1. The van der Waals surface area contributed by atoms with Crippen LogP contribution in [0.15, 0.2) is 24.3 Å². The molecule has 0 aliphatic rings. The second kappa shape index (κ2) is 3.36. The fraction of sp³-hybridized carbons (Fsp3) is 0.222. The van der Waals surface area contributed by atoms with Crippen molar-refractivity contribution in [3.8, 4) is 0 Å². The highest BCUT2D eigenvalue weighted by Gasteiger charge is 2.03. The van der Waals surface area contributed by atoms with E-state index in [0.29, 0.717) is 0 Å². The molecule has 2 N–H and O–H groups in total. The quantitative estimate of drug-likeness (QED) is 0.698. The molecule has 1 aromatic rings. The predicted octanol–water partition coefficient (Wildman–Crippen LogP) is 1.44. The SMILES string of the molecule is C[C@H](O)c1ccc(C(=O)O)cc1. The van der Waals surface area contributed by atoms with E-state index in [0.717, 1.165) is 5.56 Å². The molecule has 0 radical (unpaired) electrons. The molecule has 0 aliphatic carbocycles. The highest BCUT2D eigenvalue weighted by Crippen LogP contribution is 2.12. The first kappa shape index (κ1) is 8.74. The molecule has 1 atom stereocenters. The Labute approximate surface area is 70.3 Å². The Kier molecular flexibility index (Phi) is 2.45. The van der Waals surface area contributed by atoms with E-state index in [-0.39, 0.29) is 5.56 Å². The summed E-state index contributed by atoms with van der Waals surface area (Å²) >= 11 is 0. The van der Waals surface area contributed by atoms with Crippen LogP contribution in [0.4, 0.5) is 0 Å². The van der Waals surface area contributed by atoms with Crippen LogP contribution in [0.5, 0.6) is 0 Å². The third-order valence-electron chi connectivity index (χ3n) is 1.64. The van der Waals surface area contributed by atoms with Crippen molar-refractivity contribution >= 4 is 5.97 Å². The molecule has 12 heavy (non-hydrogen) atoms. The highest BCUT2D eigenvalue weighted by molar-refractivity contribution is 5.87. The lowest BCUT2D eigenvalue weighted by Crippen LogP contribution is -1.97. The Morgan fingerprint density at radius 2 is 1.83 bits per heavy atom. The minimum absolute atomic E-state index is 0.236. The van der Waals surface area contributed by atoms with Crippen molar-refractivity contribution in [3.05, 3.63) is 35.4 Å². The molecule has 0 bridgehead atoms. The van der Waals surface area contributed by atoms with Crippen molar-refractivity contribution < 1.29 is 15.0 Å². The molecule has 0 heterocycles. The van der Waals surface area contributed by atoms with Crippen LogP contribution < -0.4 is 0 Å². The van der Waals surface area contributed by atoms with E-state index in [1.807, 2.05) is 0 Å². The van der Waals surface area contributed by atoms with E-state index >= 15 is 0 Å². The van der Waals surface area contributed by atoms with Gasteiger partial charge in [0.05, 0.1) is 11.7 Å². The van der Waals surface area contributed by atoms with Gasteiger partial charge in [-0.05, 0) is 24.6 Å². The lowest BCUT2D eigenvalue weighted by molar-refractivity contribution is 0.0696. The smallest absolute Gasteiger partial charge is 0.335 e. The topological polar surface area (TPSA) is 57.5 Å². The lowest BCUT2D eigenvalue weighted by Gasteiger charge is -2.03. The van der Waals surface area contributed by atoms with Gasteiger partial charge in [0, 0.05) is 0 Å². The van der Waals surface area contributed by atoms with Gasteiger partial charge in [-0.15, -0.1) is 0 Å². The zero-order valence-electron chi connectivity index (χ0n) is 6.69. The number of carbonyl (C=O) groups is 1. The molecule has 3 heteroatoms. The zero-order valence-corrected chi connectivity index (χ0v) is 6.69. The first-order valence-corrected chi connectivity index (χ1v) is 3.62. The van der Waals surface area contributed by atoms with Crippen LogP contribution >= 0.6 is 0 Å². The van der Waals surface area contributed by atoms with Crippen molar-refractivity contribution in [1.82, 2.24) is 0 Å².